The molecule has 0 bridgehead atoms. The van der Waals surface area contributed by atoms with Crippen LogP contribution in [0.4, 0.5) is 0 Å². The summed E-state index contributed by atoms with van der Waals surface area (Å²) in [5.74, 6) is 0.0810. The predicted octanol–water partition coefficient (Wildman–Crippen LogP) is 5.91. The van der Waals surface area contributed by atoms with E-state index in [9.17, 15) is 4.79 Å². The highest BCUT2D eigenvalue weighted by Gasteiger charge is 2.23. The molecule has 0 unspecified atom stereocenters. The van der Waals surface area contributed by atoms with E-state index >= 15 is 0 Å². The Morgan fingerprint density at radius 3 is 1.55 bits per heavy atom. The third kappa shape index (κ3) is 4.68. The summed E-state index contributed by atoms with van der Waals surface area (Å²) in [7, 11) is -0.875. The minimum Gasteiger partial charge on any atom is -0.289 e. The first-order valence-corrected chi connectivity index (χ1v) is 11.9. The molecule has 0 aromatic heterocycles. The molecule has 0 saturated heterocycles. The van der Waals surface area contributed by atoms with E-state index in [1.807, 2.05) is 42.5 Å². The van der Waals surface area contributed by atoms with Gasteiger partial charge in [0.25, 0.3) is 0 Å². The highest BCUT2D eigenvalue weighted by Crippen LogP contribution is 2.36. The summed E-state index contributed by atoms with van der Waals surface area (Å²) in [4.78, 5) is 13.5. The number of benzene rings is 4. The fourth-order valence-corrected chi connectivity index (χ4v) is 7.03. The molecule has 0 N–H and O–H groups in total. The summed E-state index contributed by atoms with van der Waals surface area (Å²) in [5, 5.41) is 3.68. The molecule has 4 aromatic rings. The Balaban J connectivity index is 1.96. The van der Waals surface area contributed by atoms with Crippen LogP contribution in [0.3, 0.4) is 0 Å². The molecule has 0 aliphatic heterocycles. The van der Waals surface area contributed by atoms with Crippen LogP contribution in [0.15, 0.2) is 91.0 Å². The van der Waals surface area contributed by atoms with E-state index in [-0.39, 0.29) is 5.78 Å². The van der Waals surface area contributed by atoms with Gasteiger partial charge in [0.15, 0.2) is 5.78 Å². The van der Waals surface area contributed by atoms with Crippen LogP contribution in [-0.2, 0) is 0 Å². The maximum atomic E-state index is 13.5. The lowest BCUT2D eigenvalue weighted by Crippen LogP contribution is -2.26. The van der Waals surface area contributed by atoms with Crippen LogP contribution < -0.4 is 15.9 Å². The Morgan fingerprint density at radius 2 is 1.03 bits per heavy atom. The molecule has 0 spiro atoms. The van der Waals surface area contributed by atoms with Crippen LogP contribution in [0.1, 0.15) is 38.2 Å². The van der Waals surface area contributed by atoms with Crippen molar-refractivity contribution in [3.05, 3.63) is 124 Å². The summed E-state index contributed by atoms with van der Waals surface area (Å²) in [5.41, 5.74) is 6.51. The van der Waals surface area contributed by atoms with Gasteiger partial charge >= 0.3 is 0 Å². The summed E-state index contributed by atoms with van der Waals surface area (Å²) in [6.45, 7) is 8.58. The maximum Gasteiger partial charge on any atom is 0.193 e. The zero-order valence-electron chi connectivity index (χ0n) is 18.5. The molecule has 31 heavy (non-hydrogen) atoms. The zero-order chi connectivity index (χ0) is 22.0. The minimum absolute atomic E-state index is 0.0810. The van der Waals surface area contributed by atoms with Crippen molar-refractivity contribution in [3.8, 4) is 0 Å². The summed E-state index contributed by atoms with van der Waals surface area (Å²) < 4.78 is 0. The Bertz CT molecular complexity index is 1150. The Hall–Kier alpha value is -3.02. The van der Waals surface area contributed by atoms with E-state index in [0.29, 0.717) is 0 Å². The van der Waals surface area contributed by atoms with Crippen LogP contribution in [0.2, 0.25) is 0 Å². The molecule has 0 atom stereocenters. The van der Waals surface area contributed by atoms with Crippen LogP contribution >= 0.6 is 7.92 Å². The second kappa shape index (κ2) is 9.00. The highest BCUT2D eigenvalue weighted by molar-refractivity contribution is 7.80. The first-order valence-electron chi connectivity index (χ1n) is 10.6. The standard InChI is InChI=1S/C29H27OP/c1-20-14-21(2)17-25(16-20)31(26-18-22(3)15-23(4)19-26)28-13-9-8-12-27(28)29(30)24-10-6-5-7-11-24/h5-19H,1-4H3. The van der Waals surface area contributed by atoms with E-state index in [2.05, 4.69) is 76.2 Å². The fourth-order valence-electron chi connectivity index (χ4n) is 4.19. The maximum absolute atomic E-state index is 13.5. The lowest BCUT2D eigenvalue weighted by Gasteiger charge is -2.23. The van der Waals surface area contributed by atoms with Gasteiger partial charge in [0.05, 0.1) is 0 Å². The van der Waals surface area contributed by atoms with Crippen molar-refractivity contribution in [1.82, 2.24) is 0 Å². The fraction of sp³-hybridized carbons (Fsp3) is 0.138. The largest absolute Gasteiger partial charge is 0.289 e. The number of hydrogen-bond donors (Lipinski definition) is 0. The van der Waals surface area contributed by atoms with Crippen LogP contribution in [0.5, 0.6) is 0 Å². The first-order chi connectivity index (χ1) is 14.9. The van der Waals surface area contributed by atoms with E-state index in [1.165, 1.54) is 32.9 Å². The molecule has 4 aromatic carbocycles. The van der Waals surface area contributed by atoms with E-state index in [4.69, 9.17) is 0 Å². The molecule has 4 rings (SSSR count). The van der Waals surface area contributed by atoms with Crippen molar-refractivity contribution in [3.63, 3.8) is 0 Å². The number of rotatable bonds is 5. The van der Waals surface area contributed by atoms with Crippen molar-refractivity contribution >= 4 is 29.6 Å². The van der Waals surface area contributed by atoms with Gasteiger partial charge < -0.3 is 0 Å². The Kier molecular flexibility index (Phi) is 6.16. The first kappa shape index (κ1) is 21.2. The van der Waals surface area contributed by atoms with E-state index in [0.717, 1.165) is 16.4 Å². The van der Waals surface area contributed by atoms with Crippen molar-refractivity contribution in [1.29, 1.82) is 0 Å². The lowest BCUT2D eigenvalue weighted by atomic mass is 10.0. The monoisotopic (exact) mass is 422 g/mol. The van der Waals surface area contributed by atoms with Gasteiger partial charge in [-0.1, -0.05) is 113 Å². The van der Waals surface area contributed by atoms with Gasteiger partial charge in [-0.05, 0) is 51.5 Å². The molecule has 0 heterocycles. The van der Waals surface area contributed by atoms with Crippen LogP contribution in [0.25, 0.3) is 0 Å². The quantitative estimate of drug-likeness (QED) is 0.289. The third-order valence-corrected chi connectivity index (χ3v) is 7.78. The average Bonchev–Trinajstić information content (AvgIpc) is 2.73. The molecule has 1 nitrogen and oxygen atoms in total. The third-order valence-electron chi connectivity index (χ3n) is 5.35. The summed E-state index contributed by atoms with van der Waals surface area (Å²) >= 11 is 0. The highest BCUT2D eigenvalue weighted by atomic mass is 31.1. The number of aryl methyl sites for hydroxylation is 4. The predicted molar refractivity (Wildman–Crippen MR) is 134 cm³/mol. The molecule has 2 heteroatoms. The number of ketones is 1. The Morgan fingerprint density at radius 1 is 0.581 bits per heavy atom. The van der Waals surface area contributed by atoms with Crippen molar-refractivity contribution in [2.75, 3.05) is 0 Å². The average molecular weight is 423 g/mol. The lowest BCUT2D eigenvalue weighted by molar-refractivity contribution is 0.104. The molecule has 0 amide bonds. The Labute approximate surface area is 186 Å². The van der Waals surface area contributed by atoms with Crippen LogP contribution in [0, 0.1) is 27.7 Å². The normalized spacial score (nSPS) is 11.0. The van der Waals surface area contributed by atoms with Crippen LogP contribution in [-0.4, -0.2) is 5.78 Å². The van der Waals surface area contributed by atoms with Gasteiger partial charge in [0.2, 0.25) is 0 Å². The topological polar surface area (TPSA) is 17.1 Å². The molecule has 0 aliphatic rings. The van der Waals surface area contributed by atoms with Crippen molar-refractivity contribution < 1.29 is 4.79 Å². The van der Waals surface area contributed by atoms with E-state index in [1.54, 1.807) is 0 Å². The van der Waals surface area contributed by atoms with E-state index < -0.39 is 7.92 Å². The second-order valence-corrected chi connectivity index (χ2v) is 10.4. The van der Waals surface area contributed by atoms with Gasteiger partial charge in [-0.25, -0.2) is 0 Å². The molecular weight excluding hydrogens is 395 g/mol. The van der Waals surface area contributed by atoms with Gasteiger partial charge in [0.1, 0.15) is 0 Å². The molecule has 0 fully saturated rings. The minimum atomic E-state index is -0.875. The van der Waals surface area contributed by atoms with Gasteiger partial charge in [-0.3, -0.25) is 4.79 Å². The van der Waals surface area contributed by atoms with Gasteiger partial charge in [-0.15, -0.1) is 0 Å². The van der Waals surface area contributed by atoms with Crippen molar-refractivity contribution in [2.24, 2.45) is 0 Å². The summed E-state index contributed by atoms with van der Waals surface area (Å²) in [6.07, 6.45) is 0. The molecular formula is C29H27OP. The molecule has 0 radical (unpaired) electrons. The number of hydrogen-bond acceptors (Lipinski definition) is 1. The summed E-state index contributed by atoms with van der Waals surface area (Å²) in [6, 6.07) is 31.2. The zero-order valence-corrected chi connectivity index (χ0v) is 19.4. The van der Waals surface area contributed by atoms with Gasteiger partial charge in [0, 0.05) is 11.1 Å². The number of carbonyl (C=O) groups excluding carboxylic acids is 1. The molecule has 154 valence electrons. The second-order valence-electron chi connectivity index (χ2n) is 8.24. The molecule has 0 saturated carbocycles. The molecule has 0 aliphatic carbocycles. The number of carbonyl (C=O) groups is 1. The SMILES string of the molecule is Cc1cc(C)cc(P(c2cc(C)cc(C)c2)c2ccccc2C(=O)c2ccccc2)c1. The van der Waals surface area contributed by atoms with Gasteiger partial charge in [-0.2, -0.15) is 0 Å². The van der Waals surface area contributed by atoms with Crippen molar-refractivity contribution in [2.45, 2.75) is 27.7 Å². The smallest absolute Gasteiger partial charge is 0.193 e.